The fourth-order valence-corrected chi connectivity index (χ4v) is 1.66. The van der Waals surface area contributed by atoms with Crippen LogP contribution >= 0.6 is 12.2 Å². The van der Waals surface area contributed by atoms with Crippen molar-refractivity contribution in [2.75, 3.05) is 26.8 Å². The Kier molecular flexibility index (Phi) is 7.68. The standard InChI is InChI=1S/C12H23N3O2S/c1-17-9-3-8-14-12(18)13-7-2-4-11(16)15-10-5-6-10/h10H,2-9H2,1H3,(H,15,16)(H2,13,14,18). The average molecular weight is 273 g/mol. The van der Waals surface area contributed by atoms with E-state index in [1.54, 1.807) is 7.11 Å². The zero-order valence-corrected chi connectivity index (χ0v) is 11.8. The molecule has 1 rings (SSSR count). The molecular formula is C12H23N3O2S. The second kappa shape index (κ2) is 9.10. The minimum absolute atomic E-state index is 0.151. The fraction of sp³-hybridized carbons (Fsp3) is 0.833. The first-order chi connectivity index (χ1) is 8.72. The molecular weight excluding hydrogens is 250 g/mol. The van der Waals surface area contributed by atoms with Gasteiger partial charge in [0.05, 0.1) is 0 Å². The van der Waals surface area contributed by atoms with Crippen molar-refractivity contribution >= 4 is 23.2 Å². The maximum absolute atomic E-state index is 11.4. The van der Waals surface area contributed by atoms with Crippen LogP contribution in [0.4, 0.5) is 0 Å². The van der Waals surface area contributed by atoms with E-state index in [4.69, 9.17) is 17.0 Å². The molecule has 0 spiro atoms. The first-order valence-electron chi connectivity index (χ1n) is 6.52. The molecule has 1 aliphatic carbocycles. The van der Waals surface area contributed by atoms with Crippen molar-refractivity contribution in [3.05, 3.63) is 0 Å². The number of ether oxygens (including phenoxy) is 1. The predicted molar refractivity (Wildman–Crippen MR) is 75.5 cm³/mol. The second-order valence-electron chi connectivity index (χ2n) is 4.47. The van der Waals surface area contributed by atoms with E-state index in [0.717, 1.165) is 45.4 Å². The molecule has 104 valence electrons. The molecule has 0 aromatic rings. The summed E-state index contributed by atoms with van der Waals surface area (Å²) >= 11 is 5.10. The van der Waals surface area contributed by atoms with Crippen LogP contribution in [0.1, 0.15) is 32.1 Å². The van der Waals surface area contributed by atoms with Crippen LogP contribution < -0.4 is 16.0 Å². The van der Waals surface area contributed by atoms with Gasteiger partial charge in [-0.2, -0.15) is 0 Å². The van der Waals surface area contributed by atoms with Crippen molar-refractivity contribution in [1.29, 1.82) is 0 Å². The summed E-state index contributed by atoms with van der Waals surface area (Å²) in [5.74, 6) is 0.151. The van der Waals surface area contributed by atoms with Crippen molar-refractivity contribution < 1.29 is 9.53 Å². The van der Waals surface area contributed by atoms with Crippen LogP contribution in [0, 0.1) is 0 Å². The van der Waals surface area contributed by atoms with Crippen LogP contribution in [0.3, 0.4) is 0 Å². The highest BCUT2D eigenvalue weighted by molar-refractivity contribution is 7.80. The lowest BCUT2D eigenvalue weighted by atomic mass is 10.3. The zero-order chi connectivity index (χ0) is 13.2. The Morgan fingerprint density at radius 1 is 1.28 bits per heavy atom. The van der Waals surface area contributed by atoms with Gasteiger partial charge in [-0.3, -0.25) is 4.79 Å². The van der Waals surface area contributed by atoms with Gasteiger partial charge in [0.25, 0.3) is 0 Å². The summed E-state index contributed by atoms with van der Waals surface area (Å²) in [7, 11) is 1.68. The van der Waals surface area contributed by atoms with Crippen LogP contribution in [-0.4, -0.2) is 43.9 Å². The fourth-order valence-electron chi connectivity index (χ4n) is 1.46. The van der Waals surface area contributed by atoms with Crippen LogP contribution in [0.15, 0.2) is 0 Å². The molecule has 0 radical (unpaired) electrons. The van der Waals surface area contributed by atoms with Gasteiger partial charge in [-0.15, -0.1) is 0 Å². The summed E-state index contributed by atoms with van der Waals surface area (Å²) in [5.41, 5.74) is 0. The molecule has 0 atom stereocenters. The minimum Gasteiger partial charge on any atom is -0.385 e. The number of rotatable bonds is 9. The van der Waals surface area contributed by atoms with Crippen LogP contribution in [0.2, 0.25) is 0 Å². The van der Waals surface area contributed by atoms with Crippen molar-refractivity contribution in [1.82, 2.24) is 16.0 Å². The normalized spacial score (nSPS) is 14.1. The van der Waals surface area contributed by atoms with Crippen molar-refractivity contribution in [2.45, 2.75) is 38.1 Å². The molecule has 1 aliphatic rings. The molecule has 0 aromatic heterocycles. The van der Waals surface area contributed by atoms with Crippen LogP contribution in [0.25, 0.3) is 0 Å². The molecule has 18 heavy (non-hydrogen) atoms. The number of nitrogens with one attached hydrogen (secondary N) is 3. The van der Waals surface area contributed by atoms with E-state index >= 15 is 0 Å². The Hall–Kier alpha value is -0.880. The van der Waals surface area contributed by atoms with Gasteiger partial charge in [-0.05, 0) is 37.9 Å². The lowest BCUT2D eigenvalue weighted by Crippen LogP contribution is -2.37. The maximum atomic E-state index is 11.4. The molecule has 0 bridgehead atoms. The smallest absolute Gasteiger partial charge is 0.220 e. The van der Waals surface area contributed by atoms with E-state index in [2.05, 4.69) is 16.0 Å². The lowest BCUT2D eigenvalue weighted by molar-refractivity contribution is -0.121. The first-order valence-corrected chi connectivity index (χ1v) is 6.93. The number of amides is 1. The van der Waals surface area contributed by atoms with E-state index in [1.807, 2.05) is 0 Å². The summed E-state index contributed by atoms with van der Waals surface area (Å²) in [6, 6.07) is 0.453. The van der Waals surface area contributed by atoms with Gasteiger partial charge in [-0.25, -0.2) is 0 Å². The van der Waals surface area contributed by atoms with E-state index in [-0.39, 0.29) is 5.91 Å². The molecule has 0 aromatic carbocycles. The molecule has 0 saturated heterocycles. The summed E-state index contributed by atoms with van der Waals surface area (Å²) in [5, 5.41) is 9.78. The maximum Gasteiger partial charge on any atom is 0.220 e. The zero-order valence-electron chi connectivity index (χ0n) is 11.0. The predicted octanol–water partition coefficient (Wildman–Crippen LogP) is 0.546. The third kappa shape index (κ3) is 8.25. The van der Waals surface area contributed by atoms with Gasteiger partial charge in [0.15, 0.2) is 5.11 Å². The summed E-state index contributed by atoms with van der Waals surface area (Å²) in [6.45, 7) is 2.27. The molecule has 1 amide bonds. The highest BCUT2D eigenvalue weighted by Gasteiger charge is 2.22. The van der Waals surface area contributed by atoms with E-state index in [1.165, 1.54) is 0 Å². The van der Waals surface area contributed by atoms with Crippen LogP contribution in [0.5, 0.6) is 0 Å². The Bertz CT molecular complexity index is 270. The Balaban J connectivity index is 1.86. The third-order valence-electron chi connectivity index (χ3n) is 2.62. The molecule has 1 saturated carbocycles. The topological polar surface area (TPSA) is 62.4 Å². The van der Waals surface area contributed by atoms with Gasteiger partial charge >= 0.3 is 0 Å². The molecule has 6 heteroatoms. The highest BCUT2D eigenvalue weighted by Crippen LogP contribution is 2.18. The number of thiocarbonyl (C=S) groups is 1. The number of methoxy groups -OCH3 is 1. The van der Waals surface area contributed by atoms with Gasteiger partial charge < -0.3 is 20.7 Å². The Labute approximate surface area is 114 Å². The molecule has 0 heterocycles. The van der Waals surface area contributed by atoms with Gasteiger partial charge in [0.1, 0.15) is 0 Å². The minimum atomic E-state index is 0.151. The van der Waals surface area contributed by atoms with E-state index in [9.17, 15) is 4.79 Å². The third-order valence-corrected chi connectivity index (χ3v) is 2.91. The van der Waals surface area contributed by atoms with Gasteiger partial charge in [0, 0.05) is 39.3 Å². The molecule has 3 N–H and O–H groups in total. The second-order valence-corrected chi connectivity index (χ2v) is 4.88. The SMILES string of the molecule is COCCCNC(=S)NCCCC(=O)NC1CC1. The Morgan fingerprint density at radius 3 is 2.56 bits per heavy atom. The number of hydrogen-bond donors (Lipinski definition) is 3. The summed E-state index contributed by atoms with van der Waals surface area (Å²) < 4.78 is 4.94. The largest absolute Gasteiger partial charge is 0.385 e. The van der Waals surface area contributed by atoms with Crippen LogP contribution in [-0.2, 0) is 9.53 Å². The van der Waals surface area contributed by atoms with Gasteiger partial charge in [0.2, 0.25) is 5.91 Å². The number of carbonyl (C=O) groups is 1. The molecule has 0 aliphatic heterocycles. The highest BCUT2D eigenvalue weighted by atomic mass is 32.1. The lowest BCUT2D eigenvalue weighted by Gasteiger charge is -2.10. The molecule has 0 unspecified atom stereocenters. The van der Waals surface area contributed by atoms with E-state index < -0.39 is 0 Å². The van der Waals surface area contributed by atoms with Gasteiger partial charge in [-0.1, -0.05) is 0 Å². The molecule has 5 nitrogen and oxygen atoms in total. The van der Waals surface area contributed by atoms with E-state index in [0.29, 0.717) is 17.6 Å². The number of carbonyl (C=O) groups excluding carboxylic acids is 1. The quantitative estimate of drug-likeness (QED) is 0.423. The van der Waals surface area contributed by atoms with Crippen molar-refractivity contribution in [3.8, 4) is 0 Å². The number of hydrogen-bond acceptors (Lipinski definition) is 3. The van der Waals surface area contributed by atoms with Crippen molar-refractivity contribution in [2.24, 2.45) is 0 Å². The molecule has 1 fully saturated rings. The van der Waals surface area contributed by atoms with Crippen molar-refractivity contribution in [3.63, 3.8) is 0 Å². The monoisotopic (exact) mass is 273 g/mol. The average Bonchev–Trinajstić information content (AvgIpc) is 3.14. The first kappa shape index (κ1) is 15.2. The Morgan fingerprint density at radius 2 is 1.94 bits per heavy atom. The summed E-state index contributed by atoms with van der Waals surface area (Å²) in [6.07, 6.45) is 4.58. The summed E-state index contributed by atoms with van der Waals surface area (Å²) in [4.78, 5) is 11.4.